The quantitative estimate of drug-likeness (QED) is 0.896. The van der Waals surface area contributed by atoms with Crippen molar-refractivity contribution in [1.82, 2.24) is 0 Å². The predicted molar refractivity (Wildman–Crippen MR) is 87.2 cm³/mol. The van der Waals surface area contributed by atoms with Crippen molar-refractivity contribution in [2.24, 2.45) is 5.73 Å². The Morgan fingerprint density at radius 1 is 1.00 bits per heavy atom. The Bertz CT molecular complexity index is 528. The van der Waals surface area contributed by atoms with Crippen LogP contribution < -0.4 is 10.6 Å². The highest BCUT2D eigenvalue weighted by molar-refractivity contribution is 5.49. The number of benzene rings is 2. The molecule has 2 heteroatoms. The van der Waals surface area contributed by atoms with Gasteiger partial charge in [0, 0.05) is 19.3 Å². The largest absolute Gasteiger partial charge is 0.366 e. The highest BCUT2D eigenvalue weighted by atomic mass is 15.1. The number of nitrogens with zero attached hydrogens (tertiary/aromatic N) is 1. The van der Waals surface area contributed by atoms with Crippen LogP contribution >= 0.6 is 0 Å². The lowest BCUT2D eigenvalue weighted by atomic mass is 10.0. The minimum atomic E-state index is 0.211. The molecule has 2 N–H and O–H groups in total. The van der Waals surface area contributed by atoms with E-state index in [1.807, 2.05) is 0 Å². The number of hydrogen-bond acceptors (Lipinski definition) is 2. The van der Waals surface area contributed by atoms with Crippen LogP contribution in [0, 0.1) is 6.92 Å². The summed E-state index contributed by atoms with van der Waals surface area (Å²) < 4.78 is 0. The van der Waals surface area contributed by atoms with Crippen LogP contribution in [0.2, 0.25) is 0 Å². The number of nitrogens with two attached hydrogens (primary N) is 1. The van der Waals surface area contributed by atoms with Gasteiger partial charge >= 0.3 is 0 Å². The van der Waals surface area contributed by atoms with Gasteiger partial charge < -0.3 is 10.6 Å². The fourth-order valence-electron chi connectivity index (χ4n) is 2.45. The summed E-state index contributed by atoms with van der Waals surface area (Å²) in [6.07, 6.45) is 1.07. The summed E-state index contributed by atoms with van der Waals surface area (Å²) in [4.78, 5) is 2.25. The number of hydrogen-bond donors (Lipinski definition) is 1. The standard InChI is InChI=1S/C18H24N2/c1-4-15-7-11-17(12-8-15)20(3)18(13-19)16-9-5-14(2)6-10-16/h5-12,18H,4,13,19H2,1-3H3. The maximum atomic E-state index is 6.00. The summed E-state index contributed by atoms with van der Waals surface area (Å²) >= 11 is 0. The zero-order chi connectivity index (χ0) is 14.5. The van der Waals surface area contributed by atoms with Crippen LogP contribution in [0.3, 0.4) is 0 Å². The molecule has 2 aromatic carbocycles. The smallest absolute Gasteiger partial charge is 0.0661 e. The highest BCUT2D eigenvalue weighted by Crippen LogP contribution is 2.25. The highest BCUT2D eigenvalue weighted by Gasteiger charge is 2.15. The molecule has 2 rings (SSSR count). The first-order valence-electron chi connectivity index (χ1n) is 7.24. The summed E-state index contributed by atoms with van der Waals surface area (Å²) in [7, 11) is 2.11. The van der Waals surface area contributed by atoms with E-state index < -0.39 is 0 Å². The molecule has 0 heterocycles. The maximum absolute atomic E-state index is 6.00. The fraction of sp³-hybridized carbons (Fsp3) is 0.333. The van der Waals surface area contributed by atoms with Gasteiger partial charge in [-0.05, 0) is 36.6 Å². The van der Waals surface area contributed by atoms with Crippen LogP contribution in [-0.4, -0.2) is 13.6 Å². The van der Waals surface area contributed by atoms with Gasteiger partial charge in [-0.3, -0.25) is 0 Å². The Kier molecular flexibility index (Phi) is 4.80. The van der Waals surface area contributed by atoms with Crippen LogP contribution in [0.4, 0.5) is 5.69 Å². The second kappa shape index (κ2) is 6.58. The normalized spacial score (nSPS) is 12.2. The maximum Gasteiger partial charge on any atom is 0.0661 e. The predicted octanol–water partition coefficient (Wildman–Crippen LogP) is 3.69. The summed E-state index contributed by atoms with van der Waals surface area (Å²) in [6.45, 7) is 4.89. The van der Waals surface area contributed by atoms with Crippen molar-refractivity contribution in [1.29, 1.82) is 0 Å². The van der Waals surface area contributed by atoms with E-state index in [4.69, 9.17) is 5.73 Å². The minimum Gasteiger partial charge on any atom is -0.366 e. The lowest BCUT2D eigenvalue weighted by Crippen LogP contribution is -2.30. The van der Waals surface area contributed by atoms with Crippen LogP contribution in [0.15, 0.2) is 48.5 Å². The van der Waals surface area contributed by atoms with Crippen LogP contribution in [0.1, 0.15) is 29.7 Å². The molecule has 106 valence electrons. The van der Waals surface area contributed by atoms with Gasteiger partial charge in [0.15, 0.2) is 0 Å². The molecule has 0 radical (unpaired) electrons. The van der Waals surface area contributed by atoms with Gasteiger partial charge in [0.2, 0.25) is 0 Å². The second-order valence-electron chi connectivity index (χ2n) is 5.29. The van der Waals surface area contributed by atoms with E-state index in [-0.39, 0.29) is 6.04 Å². The zero-order valence-corrected chi connectivity index (χ0v) is 12.6. The molecule has 2 aromatic rings. The molecule has 0 saturated heterocycles. The fourth-order valence-corrected chi connectivity index (χ4v) is 2.45. The van der Waals surface area contributed by atoms with Crippen molar-refractivity contribution in [3.63, 3.8) is 0 Å². The van der Waals surface area contributed by atoms with Crippen molar-refractivity contribution < 1.29 is 0 Å². The third kappa shape index (κ3) is 3.20. The molecule has 1 unspecified atom stereocenters. The SMILES string of the molecule is CCc1ccc(N(C)C(CN)c2ccc(C)cc2)cc1. The zero-order valence-electron chi connectivity index (χ0n) is 12.6. The molecule has 0 aliphatic carbocycles. The van der Waals surface area contributed by atoms with Crippen LogP contribution in [0.5, 0.6) is 0 Å². The Morgan fingerprint density at radius 3 is 2.10 bits per heavy atom. The number of anilines is 1. The van der Waals surface area contributed by atoms with Crippen molar-refractivity contribution in [3.8, 4) is 0 Å². The van der Waals surface area contributed by atoms with E-state index in [0.717, 1.165) is 6.42 Å². The van der Waals surface area contributed by atoms with Crippen molar-refractivity contribution >= 4 is 5.69 Å². The number of aryl methyl sites for hydroxylation is 2. The van der Waals surface area contributed by atoms with E-state index >= 15 is 0 Å². The van der Waals surface area contributed by atoms with Crippen molar-refractivity contribution in [3.05, 3.63) is 65.2 Å². The molecule has 0 amide bonds. The van der Waals surface area contributed by atoms with Crippen molar-refractivity contribution in [2.75, 3.05) is 18.5 Å². The molecule has 0 aliphatic rings. The van der Waals surface area contributed by atoms with E-state index in [2.05, 4.69) is 74.3 Å². The molecular weight excluding hydrogens is 244 g/mol. The first-order chi connectivity index (χ1) is 9.65. The first-order valence-corrected chi connectivity index (χ1v) is 7.24. The molecule has 2 nitrogen and oxygen atoms in total. The molecule has 0 bridgehead atoms. The van der Waals surface area contributed by atoms with Gasteiger partial charge in [-0.2, -0.15) is 0 Å². The van der Waals surface area contributed by atoms with Crippen LogP contribution in [0.25, 0.3) is 0 Å². The Hall–Kier alpha value is -1.80. The van der Waals surface area contributed by atoms with Gasteiger partial charge in [0.05, 0.1) is 6.04 Å². The molecule has 0 fully saturated rings. The Balaban J connectivity index is 2.23. The second-order valence-corrected chi connectivity index (χ2v) is 5.29. The average molecular weight is 268 g/mol. The number of likely N-dealkylation sites (N-methyl/N-ethyl adjacent to an activating group) is 1. The number of rotatable bonds is 5. The monoisotopic (exact) mass is 268 g/mol. The average Bonchev–Trinajstić information content (AvgIpc) is 2.50. The van der Waals surface area contributed by atoms with Crippen LogP contribution in [-0.2, 0) is 6.42 Å². The van der Waals surface area contributed by atoms with Gasteiger partial charge in [-0.1, -0.05) is 48.9 Å². The lowest BCUT2D eigenvalue weighted by molar-refractivity contribution is 0.680. The third-order valence-electron chi connectivity index (χ3n) is 3.90. The molecule has 0 aromatic heterocycles. The molecule has 1 atom stereocenters. The summed E-state index contributed by atoms with van der Waals surface area (Å²) in [5.41, 5.74) is 11.1. The molecule has 0 spiro atoms. The van der Waals surface area contributed by atoms with E-state index in [9.17, 15) is 0 Å². The van der Waals surface area contributed by atoms with Gasteiger partial charge in [0.25, 0.3) is 0 Å². The first kappa shape index (κ1) is 14.6. The van der Waals surface area contributed by atoms with Gasteiger partial charge in [0.1, 0.15) is 0 Å². The van der Waals surface area contributed by atoms with E-state index in [1.54, 1.807) is 0 Å². The van der Waals surface area contributed by atoms with Gasteiger partial charge in [-0.25, -0.2) is 0 Å². The van der Waals surface area contributed by atoms with E-state index in [1.165, 1.54) is 22.4 Å². The molecule has 20 heavy (non-hydrogen) atoms. The molecule has 0 aliphatic heterocycles. The lowest BCUT2D eigenvalue weighted by Gasteiger charge is -2.29. The van der Waals surface area contributed by atoms with Crippen molar-refractivity contribution in [2.45, 2.75) is 26.3 Å². The summed E-state index contributed by atoms with van der Waals surface area (Å²) in [5.74, 6) is 0. The Labute approximate surface area is 122 Å². The Morgan fingerprint density at radius 2 is 1.60 bits per heavy atom. The minimum absolute atomic E-state index is 0.211. The summed E-state index contributed by atoms with van der Waals surface area (Å²) in [5, 5.41) is 0. The van der Waals surface area contributed by atoms with E-state index in [0.29, 0.717) is 6.54 Å². The summed E-state index contributed by atoms with van der Waals surface area (Å²) in [6, 6.07) is 17.6. The molecular formula is C18H24N2. The molecule has 0 saturated carbocycles. The third-order valence-corrected chi connectivity index (χ3v) is 3.90. The van der Waals surface area contributed by atoms with Gasteiger partial charge in [-0.15, -0.1) is 0 Å². The topological polar surface area (TPSA) is 29.3 Å².